The Morgan fingerprint density at radius 1 is 1.12 bits per heavy atom. The van der Waals surface area contributed by atoms with Gasteiger partial charge in [0.2, 0.25) is 0 Å². The first-order valence-electron chi connectivity index (χ1n) is 7.77. The summed E-state index contributed by atoms with van der Waals surface area (Å²) >= 11 is 6.21. The van der Waals surface area contributed by atoms with Crippen molar-refractivity contribution in [2.24, 2.45) is 0 Å². The Morgan fingerprint density at radius 2 is 1.71 bits per heavy atom. The predicted molar refractivity (Wildman–Crippen MR) is 96.1 cm³/mol. The molecule has 0 saturated carbocycles. The van der Waals surface area contributed by atoms with Gasteiger partial charge in [-0.1, -0.05) is 29.8 Å². The number of halogens is 1. The van der Waals surface area contributed by atoms with Crippen LogP contribution in [0.2, 0.25) is 5.02 Å². The van der Waals surface area contributed by atoms with Gasteiger partial charge in [-0.2, -0.15) is 0 Å². The topological polar surface area (TPSA) is 38.8 Å². The van der Waals surface area contributed by atoms with Gasteiger partial charge in [-0.3, -0.25) is 4.79 Å². The molecule has 2 rings (SSSR count). The molecule has 0 N–H and O–H groups in total. The maximum absolute atomic E-state index is 12.9. The van der Waals surface area contributed by atoms with Gasteiger partial charge in [0, 0.05) is 29.2 Å². The molecule has 0 heterocycles. The van der Waals surface area contributed by atoms with Gasteiger partial charge in [0.1, 0.15) is 11.5 Å². The van der Waals surface area contributed by atoms with Crippen LogP contribution in [0, 0.1) is 6.92 Å². The van der Waals surface area contributed by atoms with Gasteiger partial charge in [0.05, 0.1) is 14.2 Å². The molecule has 0 atom stereocenters. The first-order chi connectivity index (χ1) is 11.5. The second-order valence-electron chi connectivity index (χ2n) is 5.42. The van der Waals surface area contributed by atoms with E-state index in [9.17, 15) is 4.79 Å². The first kappa shape index (κ1) is 18.1. The summed E-state index contributed by atoms with van der Waals surface area (Å²) in [6, 6.07) is 11.0. The molecule has 0 bridgehead atoms. The molecule has 0 radical (unpaired) electrons. The van der Waals surface area contributed by atoms with Gasteiger partial charge in [-0.05, 0) is 37.6 Å². The second kappa shape index (κ2) is 8.06. The summed E-state index contributed by atoms with van der Waals surface area (Å²) in [5.41, 5.74) is 2.31. The zero-order chi connectivity index (χ0) is 17.7. The molecule has 24 heavy (non-hydrogen) atoms. The third-order valence-corrected chi connectivity index (χ3v) is 4.36. The highest BCUT2D eigenvalue weighted by molar-refractivity contribution is 6.31. The number of methoxy groups -OCH3 is 2. The van der Waals surface area contributed by atoms with Gasteiger partial charge in [-0.25, -0.2) is 0 Å². The highest BCUT2D eigenvalue weighted by Gasteiger charge is 2.19. The van der Waals surface area contributed by atoms with Crippen molar-refractivity contribution in [2.75, 3.05) is 20.8 Å². The Balaban J connectivity index is 2.33. The van der Waals surface area contributed by atoms with Crippen molar-refractivity contribution in [1.82, 2.24) is 4.90 Å². The number of hydrogen-bond donors (Lipinski definition) is 0. The lowest BCUT2D eigenvalue weighted by Crippen LogP contribution is -2.30. The third-order valence-electron chi connectivity index (χ3n) is 3.99. The molecule has 128 valence electrons. The van der Waals surface area contributed by atoms with Crippen LogP contribution in [-0.4, -0.2) is 31.6 Å². The standard InChI is InChI=1S/C19H22ClNO3/c1-5-21(12-14-8-6-7-9-16(14)20)19(22)15-10-17(23-3)13(2)18(11-15)24-4/h6-11H,5,12H2,1-4H3. The minimum atomic E-state index is -0.0889. The molecule has 4 nitrogen and oxygen atoms in total. The molecule has 5 heteroatoms. The van der Waals surface area contributed by atoms with E-state index in [4.69, 9.17) is 21.1 Å². The van der Waals surface area contributed by atoms with Crippen molar-refractivity contribution in [3.05, 3.63) is 58.1 Å². The van der Waals surface area contributed by atoms with Crippen LogP contribution in [-0.2, 0) is 6.54 Å². The normalized spacial score (nSPS) is 10.4. The van der Waals surface area contributed by atoms with Crippen LogP contribution in [0.5, 0.6) is 11.5 Å². The lowest BCUT2D eigenvalue weighted by Gasteiger charge is -2.22. The number of carbonyl (C=O) groups excluding carboxylic acids is 1. The Kier molecular flexibility index (Phi) is 6.10. The minimum Gasteiger partial charge on any atom is -0.496 e. The van der Waals surface area contributed by atoms with E-state index in [1.165, 1.54) is 0 Å². The minimum absolute atomic E-state index is 0.0889. The van der Waals surface area contributed by atoms with E-state index < -0.39 is 0 Å². The van der Waals surface area contributed by atoms with Gasteiger partial charge < -0.3 is 14.4 Å². The highest BCUT2D eigenvalue weighted by Crippen LogP contribution is 2.30. The Hall–Kier alpha value is -2.20. The molecular weight excluding hydrogens is 326 g/mol. The van der Waals surface area contributed by atoms with E-state index >= 15 is 0 Å². The average Bonchev–Trinajstić information content (AvgIpc) is 2.60. The number of benzene rings is 2. The van der Waals surface area contributed by atoms with Crippen molar-refractivity contribution in [3.63, 3.8) is 0 Å². The molecule has 0 aliphatic rings. The molecule has 1 amide bonds. The summed E-state index contributed by atoms with van der Waals surface area (Å²) in [7, 11) is 3.16. The van der Waals surface area contributed by atoms with Crippen LogP contribution in [0.15, 0.2) is 36.4 Å². The maximum Gasteiger partial charge on any atom is 0.254 e. The summed E-state index contributed by atoms with van der Waals surface area (Å²) in [6.07, 6.45) is 0. The van der Waals surface area contributed by atoms with Crippen molar-refractivity contribution in [1.29, 1.82) is 0 Å². The van der Waals surface area contributed by atoms with Crippen LogP contribution in [0.25, 0.3) is 0 Å². The van der Waals surface area contributed by atoms with Gasteiger partial charge in [-0.15, -0.1) is 0 Å². The van der Waals surface area contributed by atoms with Crippen molar-refractivity contribution in [2.45, 2.75) is 20.4 Å². The maximum atomic E-state index is 12.9. The van der Waals surface area contributed by atoms with Crippen LogP contribution in [0.1, 0.15) is 28.4 Å². The Labute approximate surface area is 147 Å². The Bertz CT molecular complexity index is 705. The number of rotatable bonds is 6. The van der Waals surface area contributed by atoms with E-state index in [1.54, 1.807) is 31.3 Å². The highest BCUT2D eigenvalue weighted by atomic mass is 35.5. The lowest BCUT2D eigenvalue weighted by molar-refractivity contribution is 0.0752. The Morgan fingerprint density at radius 3 is 2.21 bits per heavy atom. The number of carbonyl (C=O) groups is 1. The fourth-order valence-electron chi connectivity index (χ4n) is 2.55. The lowest BCUT2D eigenvalue weighted by atomic mass is 10.1. The number of hydrogen-bond acceptors (Lipinski definition) is 3. The summed E-state index contributed by atoms with van der Waals surface area (Å²) in [5.74, 6) is 1.17. The first-order valence-corrected chi connectivity index (χ1v) is 8.14. The summed E-state index contributed by atoms with van der Waals surface area (Å²) in [5, 5.41) is 0.655. The number of amides is 1. The molecule has 0 saturated heterocycles. The second-order valence-corrected chi connectivity index (χ2v) is 5.82. The van der Waals surface area contributed by atoms with E-state index in [0.29, 0.717) is 35.2 Å². The molecule has 0 spiro atoms. The number of nitrogens with zero attached hydrogens (tertiary/aromatic N) is 1. The molecule has 0 fully saturated rings. The molecular formula is C19H22ClNO3. The molecule has 2 aromatic carbocycles. The van der Waals surface area contributed by atoms with Crippen LogP contribution >= 0.6 is 11.6 Å². The summed E-state index contributed by atoms with van der Waals surface area (Å²) in [6.45, 7) is 4.86. The van der Waals surface area contributed by atoms with Crippen molar-refractivity contribution in [3.8, 4) is 11.5 Å². The predicted octanol–water partition coefficient (Wildman–Crippen LogP) is 4.33. The van der Waals surface area contributed by atoms with Gasteiger partial charge in [0.25, 0.3) is 5.91 Å². The molecule has 0 aromatic heterocycles. The summed E-state index contributed by atoms with van der Waals surface area (Å²) in [4.78, 5) is 14.7. The number of ether oxygens (including phenoxy) is 2. The van der Waals surface area contributed by atoms with Crippen molar-refractivity contribution < 1.29 is 14.3 Å². The SMILES string of the molecule is CCN(Cc1ccccc1Cl)C(=O)c1cc(OC)c(C)c(OC)c1. The quantitative estimate of drug-likeness (QED) is 0.780. The smallest absolute Gasteiger partial charge is 0.254 e. The van der Waals surface area contributed by atoms with E-state index in [2.05, 4.69) is 0 Å². The van der Waals surface area contributed by atoms with Gasteiger partial charge in [0.15, 0.2) is 0 Å². The molecule has 0 aliphatic heterocycles. The van der Waals surface area contributed by atoms with Crippen LogP contribution in [0.4, 0.5) is 0 Å². The van der Waals surface area contributed by atoms with E-state index in [-0.39, 0.29) is 5.91 Å². The third kappa shape index (κ3) is 3.82. The molecule has 0 unspecified atom stereocenters. The fraction of sp³-hybridized carbons (Fsp3) is 0.316. The zero-order valence-corrected chi connectivity index (χ0v) is 15.2. The van der Waals surface area contributed by atoms with Crippen molar-refractivity contribution >= 4 is 17.5 Å². The fourth-order valence-corrected chi connectivity index (χ4v) is 2.75. The molecule has 2 aromatic rings. The van der Waals surface area contributed by atoms with E-state index in [0.717, 1.165) is 11.1 Å². The van der Waals surface area contributed by atoms with Gasteiger partial charge >= 0.3 is 0 Å². The monoisotopic (exact) mass is 347 g/mol. The van der Waals surface area contributed by atoms with Crippen LogP contribution < -0.4 is 9.47 Å². The zero-order valence-electron chi connectivity index (χ0n) is 14.4. The largest absolute Gasteiger partial charge is 0.496 e. The summed E-state index contributed by atoms with van der Waals surface area (Å²) < 4.78 is 10.7. The average molecular weight is 348 g/mol. The van der Waals surface area contributed by atoms with Crippen LogP contribution in [0.3, 0.4) is 0 Å². The van der Waals surface area contributed by atoms with E-state index in [1.807, 2.05) is 38.1 Å². The molecule has 0 aliphatic carbocycles.